The van der Waals surface area contributed by atoms with Gasteiger partial charge in [0.25, 0.3) is 5.91 Å². The minimum absolute atomic E-state index is 0.173. The lowest BCUT2D eigenvalue weighted by atomic mass is 10.0. The van der Waals surface area contributed by atoms with Crippen LogP contribution in [0.4, 0.5) is 10.7 Å². The van der Waals surface area contributed by atoms with Crippen molar-refractivity contribution in [1.82, 2.24) is 0 Å². The third-order valence-electron chi connectivity index (χ3n) is 3.99. The first-order valence-corrected chi connectivity index (χ1v) is 9.33. The molecular formula is C21H20N2O4S. The molecule has 0 aliphatic carbocycles. The highest BCUT2D eigenvalue weighted by Crippen LogP contribution is 2.34. The molecule has 1 heterocycles. The van der Waals surface area contributed by atoms with Crippen LogP contribution in [0.3, 0.4) is 0 Å². The van der Waals surface area contributed by atoms with Crippen LogP contribution in [0.25, 0.3) is 11.1 Å². The van der Waals surface area contributed by atoms with Crippen molar-refractivity contribution in [1.29, 1.82) is 0 Å². The van der Waals surface area contributed by atoms with Crippen molar-refractivity contribution in [2.75, 3.05) is 24.9 Å². The fraction of sp³-hybridized carbons (Fsp3) is 0.143. The van der Waals surface area contributed by atoms with Gasteiger partial charge >= 0.3 is 0 Å². The minimum atomic E-state index is -0.243. The van der Waals surface area contributed by atoms with Crippen molar-refractivity contribution < 1.29 is 19.1 Å². The molecule has 0 saturated carbocycles. The number of rotatable bonds is 6. The Labute approximate surface area is 167 Å². The van der Waals surface area contributed by atoms with E-state index in [2.05, 4.69) is 10.6 Å². The maximum atomic E-state index is 12.5. The van der Waals surface area contributed by atoms with Crippen molar-refractivity contribution >= 4 is 33.8 Å². The second-order valence-electron chi connectivity index (χ2n) is 5.94. The summed E-state index contributed by atoms with van der Waals surface area (Å²) in [6.07, 6.45) is 0. The highest BCUT2D eigenvalue weighted by molar-refractivity contribution is 7.18. The van der Waals surface area contributed by atoms with E-state index in [1.165, 1.54) is 18.3 Å². The molecule has 28 heavy (non-hydrogen) atoms. The number of thiophene rings is 1. The maximum Gasteiger partial charge on any atom is 0.265 e. The van der Waals surface area contributed by atoms with Crippen LogP contribution in [-0.4, -0.2) is 26.0 Å². The van der Waals surface area contributed by atoms with Gasteiger partial charge in [0.1, 0.15) is 11.5 Å². The van der Waals surface area contributed by atoms with E-state index in [1.54, 1.807) is 32.4 Å². The Morgan fingerprint density at radius 1 is 0.893 bits per heavy atom. The summed E-state index contributed by atoms with van der Waals surface area (Å²) in [7, 11) is 3.23. The van der Waals surface area contributed by atoms with Gasteiger partial charge < -0.3 is 20.1 Å². The summed E-state index contributed by atoms with van der Waals surface area (Å²) in [6, 6.07) is 16.4. The molecular weight excluding hydrogens is 376 g/mol. The lowest BCUT2D eigenvalue weighted by molar-refractivity contribution is -0.114. The second-order valence-corrected chi connectivity index (χ2v) is 7.03. The number of hydrogen-bond acceptors (Lipinski definition) is 5. The number of carbonyl (C=O) groups is 2. The average molecular weight is 396 g/mol. The fourth-order valence-electron chi connectivity index (χ4n) is 2.68. The van der Waals surface area contributed by atoms with Crippen molar-refractivity contribution in [2.24, 2.45) is 0 Å². The van der Waals surface area contributed by atoms with Gasteiger partial charge in [0.2, 0.25) is 5.91 Å². The molecule has 0 saturated heterocycles. The van der Waals surface area contributed by atoms with Crippen LogP contribution < -0.4 is 20.1 Å². The number of anilines is 2. The average Bonchev–Trinajstić information content (AvgIpc) is 3.16. The normalized spacial score (nSPS) is 10.2. The zero-order valence-corrected chi connectivity index (χ0v) is 16.6. The van der Waals surface area contributed by atoms with E-state index in [1.807, 2.05) is 36.4 Å². The van der Waals surface area contributed by atoms with Crippen LogP contribution in [0.2, 0.25) is 0 Å². The zero-order valence-electron chi connectivity index (χ0n) is 15.7. The van der Waals surface area contributed by atoms with Gasteiger partial charge in [0.15, 0.2) is 0 Å². The molecule has 2 N–H and O–H groups in total. The Bertz CT molecular complexity index is 996. The number of ether oxygens (including phenoxy) is 2. The molecule has 2 amide bonds. The summed E-state index contributed by atoms with van der Waals surface area (Å²) in [6.45, 7) is 1.43. The molecule has 0 aliphatic heterocycles. The first-order chi connectivity index (χ1) is 13.5. The van der Waals surface area contributed by atoms with Crippen LogP contribution in [0.1, 0.15) is 16.6 Å². The molecule has 0 aliphatic rings. The Balaban J connectivity index is 1.83. The van der Waals surface area contributed by atoms with Gasteiger partial charge in [-0.2, -0.15) is 0 Å². The van der Waals surface area contributed by atoms with Gasteiger partial charge in [-0.05, 0) is 48.0 Å². The Hall–Kier alpha value is -3.32. The van der Waals surface area contributed by atoms with Gasteiger partial charge in [-0.25, -0.2) is 0 Å². The molecule has 3 aromatic rings. The van der Waals surface area contributed by atoms with Crippen molar-refractivity contribution in [3.63, 3.8) is 0 Å². The number of hydrogen-bond donors (Lipinski definition) is 2. The van der Waals surface area contributed by atoms with E-state index in [0.717, 1.165) is 16.9 Å². The van der Waals surface area contributed by atoms with Gasteiger partial charge in [-0.15, -0.1) is 11.3 Å². The molecule has 7 heteroatoms. The molecule has 0 fully saturated rings. The van der Waals surface area contributed by atoms with Crippen LogP contribution >= 0.6 is 11.3 Å². The predicted octanol–water partition coefficient (Wildman–Crippen LogP) is 4.64. The molecule has 2 aromatic carbocycles. The number of benzene rings is 2. The summed E-state index contributed by atoms with van der Waals surface area (Å²) in [5.74, 6) is 1.05. The van der Waals surface area contributed by atoms with Crippen LogP contribution in [0.15, 0.2) is 54.6 Å². The SMILES string of the molecule is COc1ccc(-c2cc(NC(=O)c3ccc(NC(C)=O)s3)ccc2OC)cc1. The summed E-state index contributed by atoms with van der Waals surface area (Å²) in [5, 5.41) is 6.19. The van der Waals surface area contributed by atoms with E-state index in [-0.39, 0.29) is 11.8 Å². The summed E-state index contributed by atoms with van der Waals surface area (Å²) < 4.78 is 10.7. The summed E-state index contributed by atoms with van der Waals surface area (Å²) >= 11 is 1.22. The monoisotopic (exact) mass is 396 g/mol. The van der Waals surface area contributed by atoms with Gasteiger partial charge in [-0.3, -0.25) is 9.59 Å². The number of methoxy groups -OCH3 is 2. The van der Waals surface area contributed by atoms with Crippen molar-refractivity contribution in [3.05, 3.63) is 59.5 Å². The molecule has 0 radical (unpaired) electrons. The molecule has 1 aromatic heterocycles. The van der Waals surface area contributed by atoms with Crippen LogP contribution in [0.5, 0.6) is 11.5 Å². The predicted molar refractivity (Wildman–Crippen MR) is 112 cm³/mol. The lowest BCUT2D eigenvalue weighted by Crippen LogP contribution is -2.10. The molecule has 6 nitrogen and oxygen atoms in total. The Morgan fingerprint density at radius 3 is 2.29 bits per heavy atom. The molecule has 0 spiro atoms. The maximum absolute atomic E-state index is 12.5. The third kappa shape index (κ3) is 4.50. The topological polar surface area (TPSA) is 76.7 Å². The highest BCUT2D eigenvalue weighted by Gasteiger charge is 2.13. The smallest absolute Gasteiger partial charge is 0.265 e. The van der Waals surface area contributed by atoms with E-state index in [0.29, 0.717) is 21.3 Å². The lowest BCUT2D eigenvalue weighted by Gasteiger charge is -2.12. The van der Waals surface area contributed by atoms with Crippen molar-refractivity contribution in [3.8, 4) is 22.6 Å². The van der Waals surface area contributed by atoms with Gasteiger partial charge in [-0.1, -0.05) is 12.1 Å². The molecule has 0 bridgehead atoms. The van der Waals surface area contributed by atoms with Crippen LogP contribution in [0, 0.1) is 0 Å². The third-order valence-corrected chi connectivity index (χ3v) is 4.99. The van der Waals surface area contributed by atoms with Crippen molar-refractivity contribution in [2.45, 2.75) is 6.92 Å². The highest BCUT2D eigenvalue weighted by atomic mass is 32.1. The summed E-state index contributed by atoms with van der Waals surface area (Å²) in [4.78, 5) is 24.2. The van der Waals surface area contributed by atoms with E-state index in [4.69, 9.17) is 9.47 Å². The zero-order chi connectivity index (χ0) is 20.1. The fourth-order valence-corrected chi connectivity index (χ4v) is 3.52. The quantitative estimate of drug-likeness (QED) is 0.636. The van der Waals surface area contributed by atoms with Gasteiger partial charge in [0.05, 0.1) is 24.1 Å². The molecule has 0 unspecified atom stereocenters. The standard InChI is InChI=1S/C21H20N2O4S/c1-13(24)22-20-11-10-19(28-20)21(25)23-15-6-9-18(27-3)17(12-15)14-4-7-16(26-2)8-5-14/h4-12H,1-3H3,(H,22,24)(H,23,25). The second kappa shape index (κ2) is 8.58. The first kappa shape index (κ1) is 19.4. The molecule has 144 valence electrons. The minimum Gasteiger partial charge on any atom is -0.497 e. The van der Waals surface area contributed by atoms with E-state index >= 15 is 0 Å². The number of nitrogens with one attached hydrogen (secondary N) is 2. The Morgan fingerprint density at radius 2 is 1.64 bits per heavy atom. The van der Waals surface area contributed by atoms with Gasteiger partial charge in [0, 0.05) is 18.2 Å². The molecule has 0 atom stereocenters. The first-order valence-electron chi connectivity index (χ1n) is 8.51. The van der Waals surface area contributed by atoms with Crippen LogP contribution in [-0.2, 0) is 4.79 Å². The Kier molecular flexibility index (Phi) is 5.96. The summed E-state index contributed by atoms with van der Waals surface area (Å²) in [5.41, 5.74) is 2.44. The van der Waals surface area contributed by atoms with E-state index in [9.17, 15) is 9.59 Å². The largest absolute Gasteiger partial charge is 0.497 e. The number of amides is 2. The van der Waals surface area contributed by atoms with E-state index < -0.39 is 0 Å². The number of carbonyl (C=O) groups excluding carboxylic acids is 2. The molecule has 3 rings (SSSR count).